The van der Waals surface area contributed by atoms with Crippen molar-refractivity contribution in [2.75, 3.05) is 4.90 Å². The minimum atomic E-state index is -0.297. The van der Waals surface area contributed by atoms with E-state index in [1.54, 1.807) is 18.3 Å². The zero-order chi connectivity index (χ0) is 17.4. The number of pyridine rings is 1. The average Bonchev–Trinajstić information content (AvgIpc) is 3.19. The van der Waals surface area contributed by atoms with Crippen molar-refractivity contribution in [1.82, 2.24) is 14.9 Å². The van der Waals surface area contributed by atoms with Crippen LogP contribution in [0.3, 0.4) is 0 Å². The topological polar surface area (TPSA) is 33.1 Å². The number of benzene rings is 1. The average molecular weight is 352 g/mol. The fraction of sp³-hybridized carbons (Fsp3) is 0.158. The molecule has 0 amide bonds. The van der Waals surface area contributed by atoms with E-state index in [0.717, 1.165) is 11.3 Å². The molecule has 0 unspecified atom stereocenters. The summed E-state index contributed by atoms with van der Waals surface area (Å²) in [6.07, 6.45) is 5.77. The fourth-order valence-corrected chi connectivity index (χ4v) is 3.64. The number of halogens is 1. The van der Waals surface area contributed by atoms with Crippen molar-refractivity contribution in [2.24, 2.45) is 7.05 Å². The van der Waals surface area contributed by atoms with Gasteiger partial charge in [0.25, 0.3) is 0 Å². The Morgan fingerprint density at radius 2 is 1.92 bits per heavy atom. The summed E-state index contributed by atoms with van der Waals surface area (Å²) in [4.78, 5) is 6.33. The molecule has 126 valence electrons. The number of nitrogens with one attached hydrogen (secondary N) is 1. The van der Waals surface area contributed by atoms with Crippen molar-refractivity contribution in [2.45, 2.75) is 12.1 Å². The maximum atomic E-state index is 14.5. The lowest BCUT2D eigenvalue weighted by molar-refractivity contribution is 0.558. The molecule has 25 heavy (non-hydrogen) atoms. The maximum absolute atomic E-state index is 14.5. The molecule has 0 aliphatic carbocycles. The van der Waals surface area contributed by atoms with Gasteiger partial charge in [0.15, 0.2) is 5.11 Å². The molecule has 2 aromatic heterocycles. The normalized spacial score (nSPS) is 19.9. The van der Waals surface area contributed by atoms with Gasteiger partial charge in [-0.3, -0.25) is 4.98 Å². The van der Waals surface area contributed by atoms with Crippen LogP contribution in [0.2, 0.25) is 0 Å². The van der Waals surface area contributed by atoms with Gasteiger partial charge in [-0.05, 0) is 48.1 Å². The molecule has 1 fully saturated rings. The van der Waals surface area contributed by atoms with Crippen molar-refractivity contribution < 1.29 is 4.39 Å². The molecular formula is C19H17FN4S. The van der Waals surface area contributed by atoms with E-state index in [2.05, 4.69) is 10.3 Å². The summed E-state index contributed by atoms with van der Waals surface area (Å²) in [5.41, 5.74) is 2.39. The number of nitrogens with zero attached hydrogens (tertiary/aromatic N) is 3. The van der Waals surface area contributed by atoms with Crippen molar-refractivity contribution in [1.29, 1.82) is 0 Å². The van der Waals surface area contributed by atoms with Gasteiger partial charge >= 0.3 is 0 Å². The first-order valence-electron chi connectivity index (χ1n) is 8.02. The van der Waals surface area contributed by atoms with Gasteiger partial charge in [0, 0.05) is 25.6 Å². The Morgan fingerprint density at radius 1 is 1.12 bits per heavy atom. The lowest BCUT2D eigenvalue weighted by Gasteiger charge is -2.27. The third-order valence-electron chi connectivity index (χ3n) is 4.41. The minimum absolute atomic E-state index is 0.157. The Kier molecular flexibility index (Phi) is 3.97. The number of rotatable bonds is 3. The second kappa shape index (κ2) is 6.29. The summed E-state index contributed by atoms with van der Waals surface area (Å²) in [7, 11) is 1.97. The summed E-state index contributed by atoms with van der Waals surface area (Å²) in [5, 5.41) is 3.82. The molecule has 4 rings (SSSR count). The maximum Gasteiger partial charge on any atom is 0.174 e. The molecule has 2 atom stereocenters. The van der Waals surface area contributed by atoms with Crippen molar-refractivity contribution in [3.63, 3.8) is 0 Å². The molecule has 4 nitrogen and oxygen atoms in total. The Balaban J connectivity index is 1.85. The summed E-state index contributed by atoms with van der Waals surface area (Å²) in [6, 6.07) is 14.2. The Labute approximate surface area is 150 Å². The minimum Gasteiger partial charge on any atom is -0.357 e. The highest BCUT2D eigenvalue weighted by molar-refractivity contribution is 7.80. The molecule has 0 bridgehead atoms. The number of thiocarbonyl (C=S) groups is 1. The van der Waals surface area contributed by atoms with Crippen LogP contribution < -0.4 is 10.2 Å². The van der Waals surface area contributed by atoms with E-state index in [0.29, 0.717) is 10.8 Å². The molecule has 3 heterocycles. The van der Waals surface area contributed by atoms with Gasteiger partial charge in [0.2, 0.25) is 0 Å². The Bertz CT molecular complexity index is 909. The van der Waals surface area contributed by atoms with Gasteiger partial charge in [-0.2, -0.15) is 0 Å². The van der Waals surface area contributed by atoms with Gasteiger partial charge in [0.1, 0.15) is 5.82 Å². The molecule has 0 radical (unpaired) electrons. The van der Waals surface area contributed by atoms with Crippen LogP contribution in [0.15, 0.2) is 67.1 Å². The molecule has 3 aromatic rings. The number of para-hydroxylation sites is 1. The first-order chi connectivity index (χ1) is 12.1. The molecule has 1 aromatic carbocycles. The van der Waals surface area contributed by atoms with Crippen LogP contribution in [0, 0.1) is 5.82 Å². The first-order valence-corrected chi connectivity index (χ1v) is 8.43. The molecule has 1 aliphatic rings. The monoisotopic (exact) mass is 352 g/mol. The Morgan fingerprint density at radius 3 is 2.60 bits per heavy atom. The van der Waals surface area contributed by atoms with E-state index in [9.17, 15) is 4.39 Å². The Hall–Kier alpha value is -2.73. The quantitative estimate of drug-likeness (QED) is 0.728. The lowest BCUT2D eigenvalue weighted by atomic mass is 9.98. The van der Waals surface area contributed by atoms with Gasteiger partial charge in [0.05, 0.1) is 23.5 Å². The van der Waals surface area contributed by atoms with E-state index in [1.807, 2.05) is 59.2 Å². The number of hydrogen-bond acceptors (Lipinski definition) is 2. The van der Waals surface area contributed by atoms with Crippen molar-refractivity contribution >= 4 is 23.0 Å². The third kappa shape index (κ3) is 2.78. The van der Waals surface area contributed by atoms with E-state index < -0.39 is 0 Å². The van der Waals surface area contributed by atoms with Gasteiger partial charge in [-0.25, -0.2) is 4.39 Å². The van der Waals surface area contributed by atoms with Gasteiger partial charge in [-0.15, -0.1) is 0 Å². The van der Waals surface area contributed by atoms with Crippen molar-refractivity contribution in [3.05, 3.63) is 84.2 Å². The van der Waals surface area contributed by atoms with Crippen LogP contribution in [-0.2, 0) is 7.05 Å². The van der Waals surface area contributed by atoms with Crippen LogP contribution in [0.4, 0.5) is 10.1 Å². The van der Waals surface area contributed by atoms with Crippen LogP contribution >= 0.6 is 12.2 Å². The van der Waals surface area contributed by atoms with E-state index in [-0.39, 0.29) is 17.9 Å². The van der Waals surface area contributed by atoms with E-state index >= 15 is 0 Å². The van der Waals surface area contributed by atoms with Crippen molar-refractivity contribution in [3.8, 4) is 0 Å². The summed E-state index contributed by atoms with van der Waals surface area (Å²) >= 11 is 5.56. The zero-order valence-corrected chi connectivity index (χ0v) is 14.4. The third-order valence-corrected chi connectivity index (χ3v) is 4.72. The smallest absolute Gasteiger partial charge is 0.174 e. The van der Waals surface area contributed by atoms with Crippen LogP contribution in [-0.4, -0.2) is 14.7 Å². The van der Waals surface area contributed by atoms with E-state index in [4.69, 9.17) is 12.2 Å². The summed E-state index contributed by atoms with van der Waals surface area (Å²) in [6.45, 7) is 0. The van der Waals surface area contributed by atoms with Crippen LogP contribution in [0.25, 0.3) is 0 Å². The standard InChI is InChI=1S/C19H17FN4S/c1-23-11-9-13(12-23)18-17(15-7-4-5-10-21-15)22-19(25)24(18)16-8-3-2-6-14(16)20/h2-12,17-18H,1H3,(H,22,25)/t17-,18-/m1/s1. The van der Waals surface area contributed by atoms with Crippen LogP contribution in [0.5, 0.6) is 0 Å². The number of aromatic nitrogens is 2. The molecular weight excluding hydrogens is 335 g/mol. The fourth-order valence-electron chi connectivity index (χ4n) is 3.30. The number of anilines is 1. The highest BCUT2D eigenvalue weighted by Crippen LogP contribution is 2.42. The highest BCUT2D eigenvalue weighted by atomic mass is 32.1. The summed E-state index contributed by atoms with van der Waals surface area (Å²) in [5.74, 6) is -0.297. The number of hydrogen-bond donors (Lipinski definition) is 1. The second-order valence-electron chi connectivity index (χ2n) is 6.06. The molecule has 0 spiro atoms. The first kappa shape index (κ1) is 15.8. The largest absolute Gasteiger partial charge is 0.357 e. The summed E-state index contributed by atoms with van der Waals surface area (Å²) < 4.78 is 16.5. The predicted octanol–water partition coefficient (Wildman–Crippen LogP) is 3.74. The predicted molar refractivity (Wildman–Crippen MR) is 99.7 cm³/mol. The molecule has 1 N–H and O–H groups in total. The molecule has 1 aliphatic heterocycles. The van der Waals surface area contributed by atoms with Gasteiger partial charge in [-0.1, -0.05) is 18.2 Å². The van der Waals surface area contributed by atoms with Crippen LogP contribution in [0.1, 0.15) is 23.3 Å². The molecule has 1 saturated heterocycles. The second-order valence-corrected chi connectivity index (χ2v) is 6.45. The highest BCUT2D eigenvalue weighted by Gasteiger charge is 2.41. The molecule has 6 heteroatoms. The van der Waals surface area contributed by atoms with Gasteiger partial charge < -0.3 is 14.8 Å². The zero-order valence-electron chi connectivity index (χ0n) is 13.6. The van der Waals surface area contributed by atoms with E-state index in [1.165, 1.54) is 6.07 Å². The SMILES string of the molecule is Cn1ccc([C@@H]2[C@@H](c3ccccn3)NC(=S)N2c2ccccc2F)c1. The number of aryl methyl sites for hydroxylation is 1. The molecule has 0 saturated carbocycles. The lowest BCUT2D eigenvalue weighted by Crippen LogP contribution is -2.30.